The van der Waals surface area contributed by atoms with Gasteiger partial charge >= 0.3 is 0 Å². The van der Waals surface area contributed by atoms with Crippen LogP contribution in [-0.2, 0) is 7.05 Å². The van der Waals surface area contributed by atoms with Crippen LogP contribution in [0.1, 0.15) is 27.7 Å². The minimum atomic E-state index is -0.867. The Hall–Kier alpha value is -4.53. The van der Waals surface area contributed by atoms with Gasteiger partial charge in [0.15, 0.2) is 5.69 Å². The molecular formula is C25H22FN5O3. The molecule has 0 radical (unpaired) electrons. The number of rotatable bonds is 6. The summed E-state index contributed by atoms with van der Waals surface area (Å²) < 4.78 is 14.6. The maximum absolute atomic E-state index is 13.5. The van der Waals surface area contributed by atoms with Crippen molar-refractivity contribution in [3.8, 4) is 5.75 Å². The lowest BCUT2D eigenvalue weighted by molar-refractivity contribution is 0.101. The van der Waals surface area contributed by atoms with E-state index < -0.39 is 28.7 Å². The number of hydrogen-bond acceptors (Lipinski definition) is 6. The number of nitrogens with one attached hydrogen (secondary N) is 1. The first-order chi connectivity index (χ1) is 16.4. The lowest BCUT2D eigenvalue weighted by atomic mass is 9.97. The van der Waals surface area contributed by atoms with Gasteiger partial charge in [-0.05, 0) is 11.1 Å². The van der Waals surface area contributed by atoms with Crippen LogP contribution >= 0.6 is 0 Å². The van der Waals surface area contributed by atoms with Gasteiger partial charge in [-0.25, -0.2) is 9.37 Å². The van der Waals surface area contributed by atoms with Crippen LogP contribution in [0.5, 0.6) is 5.75 Å². The Morgan fingerprint density at radius 3 is 2.21 bits per heavy atom. The van der Waals surface area contributed by atoms with Gasteiger partial charge in [0.05, 0.1) is 24.1 Å². The fourth-order valence-electron chi connectivity index (χ4n) is 3.75. The topological polar surface area (TPSA) is 100 Å². The van der Waals surface area contributed by atoms with E-state index >= 15 is 0 Å². The zero-order valence-electron chi connectivity index (χ0n) is 18.5. The fourth-order valence-corrected chi connectivity index (χ4v) is 3.75. The summed E-state index contributed by atoms with van der Waals surface area (Å²) in [5.74, 6) is -2.17. The van der Waals surface area contributed by atoms with Gasteiger partial charge < -0.3 is 15.3 Å². The Morgan fingerprint density at radius 2 is 1.65 bits per heavy atom. The Morgan fingerprint density at radius 1 is 1.06 bits per heavy atom. The molecule has 2 aromatic carbocycles. The quantitative estimate of drug-likeness (QED) is 0.458. The molecule has 0 saturated carbocycles. The molecule has 4 aromatic rings. The molecule has 0 aliphatic rings. The average molecular weight is 459 g/mol. The molecule has 0 aliphatic heterocycles. The number of pyridine rings is 1. The smallest absolute Gasteiger partial charge is 0.297 e. The van der Waals surface area contributed by atoms with E-state index in [4.69, 9.17) is 0 Å². The zero-order chi connectivity index (χ0) is 24.2. The lowest BCUT2D eigenvalue weighted by Gasteiger charge is -2.31. The van der Waals surface area contributed by atoms with Crippen molar-refractivity contribution in [2.75, 3.05) is 17.3 Å². The first-order valence-electron chi connectivity index (χ1n) is 10.4. The number of halogens is 1. The van der Waals surface area contributed by atoms with Gasteiger partial charge in [0.25, 0.3) is 11.5 Å². The second kappa shape index (κ2) is 9.53. The minimum Gasteiger partial charge on any atom is -0.501 e. The SMILES string of the molecule is CN(c1nc(C(=O)Nc2cncc(F)c2)c(O)c(=O)n1C)C(c1ccccc1)c1ccccc1. The monoisotopic (exact) mass is 459 g/mol. The molecule has 0 spiro atoms. The highest BCUT2D eigenvalue weighted by molar-refractivity contribution is 6.04. The molecule has 34 heavy (non-hydrogen) atoms. The molecular weight excluding hydrogens is 437 g/mol. The van der Waals surface area contributed by atoms with E-state index in [0.29, 0.717) is 0 Å². The van der Waals surface area contributed by atoms with Crippen molar-refractivity contribution in [2.24, 2.45) is 7.05 Å². The van der Waals surface area contributed by atoms with Gasteiger partial charge in [-0.3, -0.25) is 19.1 Å². The highest BCUT2D eigenvalue weighted by Crippen LogP contribution is 2.31. The summed E-state index contributed by atoms with van der Waals surface area (Å²) in [4.78, 5) is 35.4. The van der Waals surface area contributed by atoms with Crippen molar-refractivity contribution in [1.29, 1.82) is 0 Å². The second-order valence-corrected chi connectivity index (χ2v) is 7.65. The summed E-state index contributed by atoms with van der Waals surface area (Å²) in [5, 5.41) is 12.8. The number of amides is 1. The van der Waals surface area contributed by atoms with Gasteiger partial charge in [-0.15, -0.1) is 0 Å². The van der Waals surface area contributed by atoms with Crippen molar-refractivity contribution in [2.45, 2.75) is 6.04 Å². The van der Waals surface area contributed by atoms with Crippen LogP contribution in [0.3, 0.4) is 0 Å². The van der Waals surface area contributed by atoms with Crippen molar-refractivity contribution in [1.82, 2.24) is 14.5 Å². The van der Waals surface area contributed by atoms with Crippen LogP contribution in [0.25, 0.3) is 0 Å². The third kappa shape index (κ3) is 4.49. The first kappa shape index (κ1) is 22.7. The van der Waals surface area contributed by atoms with Gasteiger partial charge in [0.2, 0.25) is 11.7 Å². The molecule has 0 bridgehead atoms. The van der Waals surface area contributed by atoms with E-state index in [1.165, 1.54) is 17.8 Å². The predicted octanol–water partition coefficient (Wildman–Crippen LogP) is 3.50. The maximum atomic E-state index is 13.5. The van der Waals surface area contributed by atoms with E-state index in [-0.39, 0.29) is 17.7 Å². The van der Waals surface area contributed by atoms with Gasteiger partial charge in [0, 0.05) is 20.2 Å². The van der Waals surface area contributed by atoms with E-state index in [1.54, 1.807) is 11.9 Å². The number of aromatic nitrogens is 3. The summed E-state index contributed by atoms with van der Waals surface area (Å²) in [6, 6.07) is 20.0. The third-order valence-electron chi connectivity index (χ3n) is 5.35. The fraction of sp³-hybridized carbons (Fsp3) is 0.120. The molecule has 2 aromatic heterocycles. The van der Waals surface area contributed by atoms with Gasteiger partial charge in [-0.2, -0.15) is 0 Å². The van der Waals surface area contributed by atoms with Gasteiger partial charge in [-0.1, -0.05) is 60.7 Å². The summed E-state index contributed by atoms with van der Waals surface area (Å²) in [5.41, 5.74) is 0.673. The van der Waals surface area contributed by atoms with Crippen LogP contribution < -0.4 is 15.8 Å². The highest BCUT2D eigenvalue weighted by atomic mass is 19.1. The highest BCUT2D eigenvalue weighted by Gasteiger charge is 2.27. The van der Waals surface area contributed by atoms with Crippen LogP contribution in [0.4, 0.5) is 16.0 Å². The normalized spacial score (nSPS) is 10.8. The number of benzene rings is 2. The standard InChI is InChI=1S/C25H22FN5O3/c1-30(21(16-9-5-3-6-10-16)17-11-7-4-8-12-17)25-29-20(22(32)24(34)31(25)2)23(33)28-19-13-18(26)14-27-15-19/h3-15,21,32H,1-2H3,(H,28,33). The number of aromatic hydroxyl groups is 1. The number of carbonyl (C=O) groups is 1. The third-order valence-corrected chi connectivity index (χ3v) is 5.35. The summed E-state index contributed by atoms with van der Waals surface area (Å²) in [6.07, 6.45) is 2.23. The Bertz CT molecular complexity index is 1340. The van der Waals surface area contributed by atoms with E-state index in [9.17, 15) is 19.1 Å². The summed E-state index contributed by atoms with van der Waals surface area (Å²) in [7, 11) is 3.22. The van der Waals surface area contributed by atoms with E-state index in [2.05, 4.69) is 15.3 Å². The second-order valence-electron chi connectivity index (χ2n) is 7.65. The molecule has 2 heterocycles. The zero-order valence-corrected chi connectivity index (χ0v) is 18.5. The Balaban J connectivity index is 1.79. The molecule has 8 nitrogen and oxygen atoms in total. The predicted molar refractivity (Wildman–Crippen MR) is 126 cm³/mol. The number of hydrogen-bond donors (Lipinski definition) is 2. The average Bonchev–Trinajstić information content (AvgIpc) is 2.84. The van der Waals surface area contributed by atoms with Crippen molar-refractivity contribution in [3.63, 3.8) is 0 Å². The molecule has 172 valence electrons. The summed E-state index contributed by atoms with van der Waals surface area (Å²) >= 11 is 0. The molecule has 0 fully saturated rings. The number of anilines is 2. The molecule has 1 amide bonds. The Kier molecular flexibility index (Phi) is 6.35. The van der Waals surface area contributed by atoms with E-state index in [0.717, 1.165) is 23.4 Å². The van der Waals surface area contributed by atoms with Crippen molar-refractivity contribution >= 4 is 17.5 Å². The molecule has 0 atom stereocenters. The Labute approximate surface area is 195 Å². The van der Waals surface area contributed by atoms with Crippen molar-refractivity contribution in [3.05, 3.63) is 112 Å². The molecule has 4 rings (SSSR count). The lowest BCUT2D eigenvalue weighted by Crippen LogP contribution is -2.34. The molecule has 2 N–H and O–H groups in total. The van der Waals surface area contributed by atoms with Crippen LogP contribution in [0, 0.1) is 5.82 Å². The summed E-state index contributed by atoms with van der Waals surface area (Å²) in [6.45, 7) is 0. The number of carbonyl (C=O) groups excluding carboxylic acids is 1. The first-order valence-corrected chi connectivity index (χ1v) is 10.4. The maximum Gasteiger partial charge on any atom is 0.297 e. The largest absolute Gasteiger partial charge is 0.501 e. The molecule has 0 unspecified atom stereocenters. The van der Waals surface area contributed by atoms with Crippen molar-refractivity contribution < 1.29 is 14.3 Å². The molecule has 0 aliphatic carbocycles. The van der Waals surface area contributed by atoms with Crippen LogP contribution in [0.15, 0.2) is 83.9 Å². The molecule has 0 saturated heterocycles. The number of nitrogens with zero attached hydrogens (tertiary/aromatic N) is 4. The minimum absolute atomic E-state index is 0.0632. The van der Waals surface area contributed by atoms with Crippen LogP contribution in [-0.4, -0.2) is 32.6 Å². The van der Waals surface area contributed by atoms with Crippen LogP contribution in [0.2, 0.25) is 0 Å². The molecule has 9 heteroatoms. The van der Waals surface area contributed by atoms with Gasteiger partial charge in [0.1, 0.15) is 5.82 Å². The van der Waals surface area contributed by atoms with E-state index in [1.807, 2.05) is 60.7 Å².